The van der Waals surface area contributed by atoms with Crippen LogP contribution in [0.15, 0.2) is 0 Å². The van der Waals surface area contributed by atoms with Crippen LogP contribution in [0.5, 0.6) is 0 Å². The van der Waals surface area contributed by atoms with Gasteiger partial charge in [-0.1, -0.05) is 13.8 Å². The van der Waals surface area contributed by atoms with Crippen molar-refractivity contribution in [2.75, 3.05) is 13.1 Å². The van der Waals surface area contributed by atoms with Crippen LogP contribution in [0.4, 0.5) is 0 Å². The molecular weight excluding hydrogens is 262 g/mol. The Morgan fingerprint density at radius 2 is 2.10 bits per heavy atom. The highest BCUT2D eigenvalue weighted by atomic mass is 16.1. The summed E-state index contributed by atoms with van der Waals surface area (Å²) in [4.78, 5) is 19.3. The van der Waals surface area contributed by atoms with E-state index in [9.17, 15) is 4.79 Å². The number of carbonyl (C=O) groups excluding carboxylic acids is 1. The Morgan fingerprint density at radius 1 is 1.38 bits per heavy atom. The van der Waals surface area contributed by atoms with Gasteiger partial charge < -0.3 is 4.57 Å². The van der Waals surface area contributed by atoms with Gasteiger partial charge in [0.25, 0.3) is 0 Å². The minimum atomic E-state index is 0.226. The molecule has 1 unspecified atom stereocenters. The maximum Gasteiger partial charge on any atom is 0.137 e. The van der Waals surface area contributed by atoms with Crippen LogP contribution in [-0.2, 0) is 18.4 Å². The van der Waals surface area contributed by atoms with Crippen molar-refractivity contribution in [3.05, 3.63) is 17.2 Å². The van der Waals surface area contributed by atoms with Crippen molar-refractivity contribution in [1.29, 1.82) is 0 Å². The number of nitrogens with zero attached hydrogens (tertiary/aromatic N) is 3. The predicted molar refractivity (Wildman–Crippen MR) is 85.1 cm³/mol. The third kappa shape index (κ3) is 3.94. The molecule has 0 aromatic carbocycles. The van der Waals surface area contributed by atoms with Crippen LogP contribution in [0.25, 0.3) is 0 Å². The second kappa shape index (κ2) is 6.73. The molecule has 0 bridgehead atoms. The number of piperidine rings is 1. The number of rotatable bonds is 5. The summed E-state index contributed by atoms with van der Waals surface area (Å²) in [6, 6.07) is 0. The van der Waals surface area contributed by atoms with Crippen LogP contribution in [0.2, 0.25) is 0 Å². The third-order valence-electron chi connectivity index (χ3n) is 4.65. The fourth-order valence-electron chi connectivity index (χ4n) is 3.16. The topological polar surface area (TPSA) is 38.1 Å². The van der Waals surface area contributed by atoms with Crippen molar-refractivity contribution in [1.82, 2.24) is 14.5 Å². The summed E-state index contributed by atoms with van der Waals surface area (Å²) in [6.45, 7) is 11.3. The number of imidazole rings is 1. The lowest BCUT2D eigenvalue weighted by atomic mass is 9.89. The van der Waals surface area contributed by atoms with Gasteiger partial charge in [-0.25, -0.2) is 4.98 Å². The van der Waals surface area contributed by atoms with Crippen LogP contribution in [0.3, 0.4) is 0 Å². The summed E-state index contributed by atoms with van der Waals surface area (Å²) < 4.78 is 2.18. The molecule has 1 aromatic heterocycles. The standard InChI is InChI=1S/C17H29N3O/c1-12(2)9-16(21)15-7-6-8-20(10-15)11-17-18-13(3)14(4)19(17)5/h12,15H,6-11H2,1-5H3. The summed E-state index contributed by atoms with van der Waals surface area (Å²) in [5, 5.41) is 0. The zero-order valence-electron chi connectivity index (χ0n) is 14.1. The lowest BCUT2D eigenvalue weighted by Gasteiger charge is -2.32. The van der Waals surface area contributed by atoms with E-state index in [1.165, 1.54) is 5.69 Å². The molecule has 2 rings (SSSR count). The smallest absolute Gasteiger partial charge is 0.137 e. The fraction of sp³-hybridized carbons (Fsp3) is 0.765. The molecule has 4 nitrogen and oxygen atoms in total. The molecule has 118 valence electrons. The van der Waals surface area contributed by atoms with E-state index in [1.54, 1.807) is 0 Å². The molecule has 1 aliphatic rings. The van der Waals surface area contributed by atoms with E-state index in [1.807, 2.05) is 0 Å². The normalized spacial score (nSPS) is 20.2. The lowest BCUT2D eigenvalue weighted by Crippen LogP contribution is -2.39. The Labute approximate surface area is 128 Å². The van der Waals surface area contributed by atoms with Crippen LogP contribution >= 0.6 is 0 Å². The minimum Gasteiger partial charge on any atom is -0.334 e. The fourth-order valence-corrected chi connectivity index (χ4v) is 3.16. The number of Topliss-reactive ketones (excluding diaryl/α,β-unsaturated/α-hetero) is 1. The van der Waals surface area contributed by atoms with Gasteiger partial charge in [0.2, 0.25) is 0 Å². The van der Waals surface area contributed by atoms with Gasteiger partial charge in [-0.3, -0.25) is 9.69 Å². The van der Waals surface area contributed by atoms with Gasteiger partial charge in [0.05, 0.1) is 12.2 Å². The summed E-state index contributed by atoms with van der Waals surface area (Å²) in [7, 11) is 2.08. The van der Waals surface area contributed by atoms with Crippen LogP contribution < -0.4 is 0 Å². The first kappa shape index (κ1) is 16.2. The van der Waals surface area contributed by atoms with E-state index in [0.717, 1.165) is 50.4 Å². The highest BCUT2D eigenvalue weighted by Gasteiger charge is 2.26. The van der Waals surface area contributed by atoms with Crippen LogP contribution in [-0.4, -0.2) is 33.3 Å². The number of aromatic nitrogens is 2. The average molecular weight is 291 g/mol. The number of likely N-dealkylation sites (tertiary alicyclic amines) is 1. The van der Waals surface area contributed by atoms with E-state index in [4.69, 9.17) is 0 Å². The number of ketones is 1. The van der Waals surface area contributed by atoms with Gasteiger partial charge in [0.15, 0.2) is 0 Å². The molecule has 0 amide bonds. The predicted octanol–water partition coefficient (Wildman–Crippen LogP) is 2.86. The summed E-state index contributed by atoms with van der Waals surface area (Å²) in [5.74, 6) is 2.25. The number of hydrogen-bond acceptors (Lipinski definition) is 3. The average Bonchev–Trinajstić information content (AvgIpc) is 2.66. The summed E-state index contributed by atoms with van der Waals surface area (Å²) in [6.07, 6.45) is 2.90. The van der Waals surface area contributed by atoms with Crippen molar-refractivity contribution in [2.45, 2.75) is 53.5 Å². The number of carbonyl (C=O) groups is 1. The van der Waals surface area contributed by atoms with Crippen molar-refractivity contribution < 1.29 is 4.79 Å². The molecule has 0 spiro atoms. The first-order valence-electron chi connectivity index (χ1n) is 8.12. The van der Waals surface area contributed by atoms with Crippen molar-refractivity contribution >= 4 is 5.78 Å². The number of aryl methyl sites for hydroxylation is 1. The number of hydrogen-bond donors (Lipinski definition) is 0. The highest BCUT2D eigenvalue weighted by molar-refractivity contribution is 5.81. The maximum atomic E-state index is 12.3. The summed E-state index contributed by atoms with van der Waals surface area (Å²) in [5.41, 5.74) is 2.34. The molecule has 1 aliphatic heterocycles. The molecule has 1 fully saturated rings. The Balaban J connectivity index is 1.98. The molecule has 4 heteroatoms. The molecule has 0 aliphatic carbocycles. The van der Waals surface area contributed by atoms with Gasteiger partial charge in [-0.05, 0) is 39.2 Å². The van der Waals surface area contributed by atoms with Gasteiger partial charge in [0.1, 0.15) is 11.6 Å². The zero-order valence-corrected chi connectivity index (χ0v) is 14.1. The highest BCUT2D eigenvalue weighted by Crippen LogP contribution is 2.22. The van der Waals surface area contributed by atoms with E-state index in [0.29, 0.717) is 11.7 Å². The van der Waals surface area contributed by atoms with Gasteiger partial charge in [-0.2, -0.15) is 0 Å². The monoisotopic (exact) mass is 291 g/mol. The lowest BCUT2D eigenvalue weighted by molar-refractivity contribution is -0.125. The Kier molecular flexibility index (Phi) is 5.20. The maximum absolute atomic E-state index is 12.3. The van der Waals surface area contributed by atoms with E-state index in [2.05, 4.69) is 49.2 Å². The minimum absolute atomic E-state index is 0.226. The van der Waals surface area contributed by atoms with Crippen molar-refractivity contribution in [3.63, 3.8) is 0 Å². The molecule has 1 aromatic rings. The second-order valence-electron chi connectivity index (χ2n) is 6.90. The first-order chi connectivity index (χ1) is 9.88. The molecular formula is C17H29N3O. The van der Waals surface area contributed by atoms with E-state index < -0.39 is 0 Å². The second-order valence-corrected chi connectivity index (χ2v) is 6.90. The third-order valence-corrected chi connectivity index (χ3v) is 4.65. The van der Waals surface area contributed by atoms with Gasteiger partial charge >= 0.3 is 0 Å². The molecule has 21 heavy (non-hydrogen) atoms. The van der Waals surface area contributed by atoms with Crippen molar-refractivity contribution in [3.8, 4) is 0 Å². The van der Waals surface area contributed by atoms with E-state index in [-0.39, 0.29) is 5.92 Å². The molecule has 0 saturated carbocycles. The largest absolute Gasteiger partial charge is 0.334 e. The molecule has 0 N–H and O–H groups in total. The molecule has 0 radical (unpaired) electrons. The van der Waals surface area contributed by atoms with Crippen LogP contribution in [0.1, 0.15) is 50.3 Å². The Morgan fingerprint density at radius 3 is 2.67 bits per heavy atom. The zero-order chi connectivity index (χ0) is 15.6. The SMILES string of the molecule is Cc1nc(CN2CCCC(C(=O)CC(C)C)C2)n(C)c1C. The van der Waals surface area contributed by atoms with Crippen LogP contribution in [0, 0.1) is 25.7 Å². The molecule has 1 atom stereocenters. The van der Waals surface area contributed by atoms with Gasteiger partial charge in [0, 0.05) is 31.6 Å². The molecule has 2 heterocycles. The summed E-state index contributed by atoms with van der Waals surface area (Å²) >= 11 is 0. The van der Waals surface area contributed by atoms with Crippen molar-refractivity contribution in [2.24, 2.45) is 18.9 Å². The Hall–Kier alpha value is -1.16. The first-order valence-corrected chi connectivity index (χ1v) is 8.12. The molecule has 1 saturated heterocycles. The Bertz CT molecular complexity index is 504. The van der Waals surface area contributed by atoms with E-state index >= 15 is 0 Å². The van der Waals surface area contributed by atoms with Gasteiger partial charge in [-0.15, -0.1) is 0 Å². The quantitative estimate of drug-likeness (QED) is 0.837.